The van der Waals surface area contributed by atoms with Gasteiger partial charge in [-0.2, -0.15) is 0 Å². The highest BCUT2D eigenvalue weighted by atomic mass is 35.5. The Morgan fingerprint density at radius 2 is 1.79 bits per heavy atom. The van der Waals surface area contributed by atoms with Crippen molar-refractivity contribution in [3.05, 3.63) is 22.7 Å². The molecule has 3 nitrogen and oxygen atoms in total. The van der Waals surface area contributed by atoms with Crippen LogP contribution in [0.1, 0.15) is 39.2 Å². The molecule has 0 bridgehead atoms. The van der Waals surface area contributed by atoms with E-state index in [1.807, 2.05) is 32.9 Å². The second-order valence-corrected chi connectivity index (χ2v) is 5.03. The van der Waals surface area contributed by atoms with Crippen molar-refractivity contribution in [2.24, 2.45) is 5.73 Å². The number of halogens is 1. The van der Waals surface area contributed by atoms with Gasteiger partial charge in [0.05, 0.1) is 18.2 Å². The lowest BCUT2D eigenvalue weighted by Gasteiger charge is -2.14. The maximum Gasteiger partial charge on any atom is 0.141 e. The van der Waals surface area contributed by atoms with Crippen molar-refractivity contribution in [3.63, 3.8) is 0 Å². The van der Waals surface area contributed by atoms with Gasteiger partial charge in [0, 0.05) is 12.1 Å². The lowest BCUT2D eigenvalue weighted by molar-refractivity contribution is 0.320. The van der Waals surface area contributed by atoms with Crippen LogP contribution in [-0.4, -0.2) is 19.3 Å². The predicted octanol–water partition coefficient (Wildman–Crippen LogP) is 3.81. The van der Waals surface area contributed by atoms with Crippen LogP contribution in [0.15, 0.2) is 12.1 Å². The quantitative estimate of drug-likeness (QED) is 0.790. The monoisotopic (exact) mass is 285 g/mol. The third-order valence-electron chi connectivity index (χ3n) is 2.82. The van der Waals surface area contributed by atoms with Gasteiger partial charge in [0.2, 0.25) is 0 Å². The summed E-state index contributed by atoms with van der Waals surface area (Å²) >= 11 is 6.22. The van der Waals surface area contributed by atoms with Crippen LogP contribution in [-0.2, 0) is 6.42 Å². The van der Waals surface area contributed by atoms with Crippen LogP contribution in [0.4, 0.5) is 0 Å². The summed E-state index contributed by atoms with van der Waals surface area (Å²) in [5.41, 5.74) is 6.89. The Bertz CT molecular complexity index is 394. The van der Waals surface area contributed by atoms with Crippen molar-refractivity contribution >= 4 is 11.6 Å². The SMILES string of the molecule is CCOc1cc(OCC)c(CCCC(C)N)cc1Cl. The molecule has 1 atom stereocenters. The summed E-state index contributed by atoms with van der Waals surface area (Å²) in [4.78, 5) is 0. The molecule has 0 aliphatic heterocycles. The molecule has 1 aromatic rings. The van der Waals surface area contributed by atoms with E-state index in [1.165, 1.54) is 0 Å². The average molecular weight is 286 g/mol. The van der Waals surface area contributed by atoms with Crippen LogP contribution in [0, 0.1) is 0 Å². The van der Waals surface area contributed by atoms with Crippen molar-refractivity contribution in [2.75, 3.05) is 13.2 Å². The average Bonchev–Trinajstić information content (AvgIpc) is 2.34. The molecule has 0 saturated heterocycles. The van der Waals surface area contributed by atoms with Crippen LogP contribution < -0.4 is 15.2 Å². The molecule has 0 radical (unpaired) electrons. The summed E-state index contributed by atoms with van der Waals surface area (Å²) in [6.45, 7) is 7.16. The second-order valence-electron chi connectivity index (χ2n) is 4.63. The molecule has 0 heterocycles. The van der Waals surface area contributed by atoms with E-state index in [9.17, 15) is 0 Å². The number of nitrogens with two attached hydrogens (primary N) is 1. The van der Waals surface area contributed by atoms with Gasteiger partial charge in [-0.15, -0.1) is 0 Å². The van der Waals surface area contributed by atoms with E-state index in [0.29, 0.717) is 24.0 Å². The zero-order chi connectivity index (χ0) is 14.3. The molecule has 1 unspecified atom stereocenters. The van der Waals surface area contributed by atoms with Gasteiger partial charge >= 0.3 is 0 Å². The van der Waals surface area contributed by atoms with Gasteiger partial charge in [-0.05, 0) is 51.7 Å². The largest absolute Gasteiger partial charge is 0.493 e. The molecule has 19 heavy (non-hydrogen) atoms. The molecule has 0 saturated carbocycles. The highest BCUT2D eigenvalue weighted by Crippen LogP contribution is 2.33. The maximum atomic E-state index is 6.22. The Morgan fingerprint density at radius 3 is 2.37 bits per heavy atom. The third kappa shape index (κ3) is 5.29. The van der Waals surface area contributed by atoms with Gasteiger partial charge in [0.15, 0.2) is 0 Å². The van der Waals surface area contributed by atoms with Crippen molar-refractivity contribution in [1.29, 1.82) is 0 Å². The molecule has 1 rings (SSSR count). The number of ether oxygens (including phenoxy) is 2. The maximum absolute atomic E-state index is 6.22. The molecule has 0 spiro atoms. The van der Waals surface area contributed by atoms with Gasteiger partial charge in [-0.3, -0.25) is 0 Å². The Kier molecular flexibility index (Phi) is 7.03. The first-order chi connectivity index (χ1) is 9.08. The van der Waals surface area contributed by atoms with Crippen LogP contribution in [0.3, 0.4) is 0 Å². The number of hydrogen-bond acceptors (Lipinski definition) is 3. The summed E-state index contributed by atoms with van der Waals surface area (Å²) in [5.74, 6) is 1.54. The lowest BCUT2D eigenvalue weighted by atomic mass is 10.0. The first-order valence-corrected chi connectivity index (χ1v) is 7.29. The molecule has 1 aromatic carbocycles. The molecule has 108 valence electrons. The van der Waals surface area contributed by atoms with E-state index >= 15 is 0 Å². The van der Waals surface area contributed by atoms with Crippen molar-refractivity contribution in [3.8, 4) is 11.5 Å². The van der Waals surface area contributed by atoms with Crippen LogP contribution in [0.5, 0.6) is 11.5 Å². The molecular formula is C15H24ClNO2. The lowest BCUT2D eigenvalue weighted by Crippen LogP contribution is -2.14. The Morgan fingerprint density at radius 1 is 1.16 bits per heavy atom. The fraction of sp³-hybridized carbons (Fsp3) is 0.600. The number of hydrogen-bond donors (Lipinski definition) is 1. The normalized spacial score (nSPS) is 12.3. The first-order valence-electron chi connectivity index (χ1n) is 6.92. The molecular weight excluding hydrogens is 262 g/mol. The fourth-order valence-corrected chi connectivity index (χ4v) is 2.18. The van der Waals surface area contributed by atoms with E-state index in [2.05, 4.69) is 0 Å². The summed E-state index contributed by atoms with van der Waals surface area (Å²) in [5, 5.41) is 0.640. The minimum atomic E-state index is 0.230. The van der Waals surface area contributed by atoms with Crippen molar-refractivity contribution < 1.29 is 9.47 Å². The van der Waals surface area contributed by atoms with Gasteiger partial charge in [0.1, 0.15) is 11.5 Å². The number of rotatable bonds is 8. The Hall–Kier alpha value is -0.930. The smallest absolute Gasteiger partial charge is 0.141 e. The summed E-state index contributed by atoms with van der Waals surface area (Å²) in [7, 11) is 0. The van der Waals surface area contributed by atoms with Crippen LogP contribution >= 0.6 is 11.6 Å². The van der Waals surface area contributed by atoms with E-state index in [1.54, 1.807) is 0 Å². The van der Waals surface area contributed by atoms with E-state index in [0.717, 1.165) is 30.6 Å². The van der Waals surface area contributed by atoms with Gasteiger partial charge in [0.25, 0.3) is 0 Å². The topological polar surface area (TPSA) is 44.5 Å². The first kappa shape index (κ1) is 16.1. The standard InChI is InChI=1S/C15H24ClNO2/c1-4-18-14-10-15(19-5-2)13(16)9-12(14)8-6-7-11(3)17/h9-11H,4-8,17H2,1-3H3. The van der Waals surface area contributed by atoms with Gasteiger partial charge in [-0.1, -0.05) is 11.6 Å². The second kappa shape index (κ2) is 8.28. The van der Waals surface area contributed by atoms with Gasteiger partial charge < -0.3 is 15.2 Å². The summed E-state index contributed by atoms with van der Waals surface area (Å²) < 4.78 is 11.2. The highest BCUT2D eigenvalue weighted by Gasteiger charge is 2.11. The Labute approximate surface area is 121 Å². The molecule has 2 N–H and O–H groups in total. The minimum Gasteiger partial charge on any atom is -0.493 e. The predicted molar refractivity (Wildman–Crippen MR) is 80.4 cm³/mol. The minimum absolute atomic E-state index is 0.230. The van der Waals surface area contributed by atoms with Crippen LogP contribution in [0.2, 0.25) is 5.02 Å². The third-order valence-corrected chi connectivity index (χ3v) is 3.12. The zero-order valence-corrected chi connectivity index (χ0v) is 12.8. The van der Waals surface area contributed by atoms with Gasteiger partial charge in [-0.25, -0.2) is 0 Å². The molecule has 0 aliphatic rings. The van der Waals surface area contributed by atoms with E-state index < -0.39 is 0 Å². The van der Waals surface area contributed by atoms with E-state index in [-0.39, 0.29) is 6.04 Å². The molecule has 0 fully saturated rings. The fourth-order valence-electron chi connectivity index (χ4n) is 1.94. The molecule has 0 amide bonds. The molecule has 0 aromatic heterocycles. The summed E-state index contributed by atoms with van der Waals surface area (Å²) in [6.07, 6.45) is 2.95. The highest BCUT2D eigenvalue weighted by molar-refractivity contribution is 6.32. The Balaban J connectivity index is 2.85. The van der Waals surface area contributed by atoms with Crippen molar-refractivity contribution in [2.45, 2.75) is 46.1 Å². The zero-order valence-electron chi connectivity index (χ0n) is 12.0. The number of aryl methyl sites for hydroxylation is 1. The van der Waals surface area contributed by atoms with Crippen molar-refractivity contribution in [1.82, 2.24) is 0 Å². The summed E-state index contributed by atoms with van der Waals surface area (Å²) in [6, 6.07) is 4.06. The number of benzene rings is 1. The molecule has 0 aliphatic carbocycles. The molecule has 4 heteroatoms. The van der Waals surface area contributed by atoms with Crippen LogP contribution in [0.25, 0.3) is 0 Å². The van der Waals surface area contributed by atoms with E-state index in [4.69, 9.17) is 26.8 Å².